The fourth-order valence-corrected chi connectivity index (χ4v) is 3.29. The number of nitrogens with one attached hydrogen (secondary N) is 2. The van der Waals surface area contributed by atoms with Gasteiger partial charge in [-0.25, -0.2) is 4.79 Å². The molecule has 1 fully saturated rings. The maximum absolute atomic E-state index is 12.8. The smallest absolute Gasteiger partial charge is 0.410 e. The first-order valence-corrected chi connectivity index (χ1v) is 10.6. The molecule has 1 aromatic rings. The van der Waals surface area contributed by atoms with E-state index in [4.69, 9.17) is 4.74 Å². The van der Waals surface area contributed by atoms with Gasteiger partial charge in [0, 0.05) is 24.7 Å². The van der Waals surface area contributed by atoms with Crippen molar-refractivity contribution >= 4 is 17.9 Å². The van der Waals surface area contributed by atoms with Gasteiger partial charge in [-0.2, -0.15) is 0 Å². The number of amides is 3. The molecule has 1 aromatic carbocycles. The van der Waals surface area contributed by atoms with Crippen molar-refractivity contribution in [3.8, 4) is 0 Å². The number of hydrogen-bond acceptors (Lipinski definition) is 4. The third-order valence-corrected chi connectivity index (χ3v) is 5.04. The Morgan fingerprint density at radius 3 is 2.13 bits per heavy atom. The van der Waals surface area contributed by atoms with Gasteiger partial charge in [0.25, 0.3) is 5.91 Å². The minimum Gasteiger partial charge on any atom is -0.444 e. The van der Waals surface area contributed by atoms with Crippen molar-refractivity contribution < 1.29 is 19.1 Å². The number of hydrogen-bond donors (Lipinski definition) is 2. The molecule has 2 rings (SSSR count). The molecule has 0 aliphatic carbocycles. The number of aryl methyl sites for hydroxylation is 1. The zero-order valence-electron chi connectivity index (χ0n) is 19.0. The molecule has 1 aliphatic rings. The van der Waals surface area contributed by atoms with Gasteiger partial charge in [-0.05, 0) is 58.6 Å². The highest BCUT2D eigenvalue weighted by molar-refractivity contribution is 5.97. The number of benzene rings is 1. The van der Waals surface area contributed by atoms with Gasteiger partial charge in [-0.15, -0.1) is 0 Å². The van der Waals surface area contributed by atoms with Gasteiger partial charge < -0.3 is 20.3 Å². The van der Waals surface area contributed by atoms with E-state index >= 15 is 0 Å². The summed E-state index contributed by atoms with van der Waals surface area (Å²) in [5, 5.41) is 5.90. The molecule has 0 spiro atoms. The van der Waals surface area contributed by atoms with Crippen molar-refractivity contribution in [1.29, 1.82) is 0 Å². The Morgan fingerprint density at radius 2 is 1.63 bits per heavy atom. The van der Waals surface area contributed by atoms with E-state index in [2.05, 4.69) is 10.6 Å². The average Bonchev–Trinajstić information content (AvgIpc) is 2.65. The van der Waals surface area contributed by atoms with E-state index in [-0.39, 0.29) is 29.9 Å². The summed E-state index contributed by atoms with van der Waals surface area (Å²) in [4.78, 5) is 39.3. The number of rotatable bonds is 5. The summed E-state index contributed by atoms with van der Waals surface area (Å²) in [7, 11) is 0. The zero-order chi connectivity index (χ0) is 22.5. The second-order valence-electron chi connectivity index (χ2n) is 9.31. The lowest BCUT2D eigenvalue weighted by Crippen LogP contribution is -2.54. The third kappa shape index (κ3) is 7.04. The Morgan fingerprint density at radius 1 is 1.07 bits per heavy atom. The van der Waals surface area contributed by atoms with Gasteiger partial charge >= 0.3 is 6.09 Å². The van der Waals surface area contributed by atoms with Gasteiger partial charge in [0.1, 0.15) is 11.6 Å². The maximum atomic E-state index is 12.8. The van der Waals surface area contributed by atoms with Crippen LogP contribution in [-0.2, 0) is 9.53 Å². The molecule has 7 heteroatoms. The van der Waals surface area contributed by atoms with Gasteiger partial charge in [-0.1, -0.05) is 31.5 Å². The van der Waals surface area contributed by atoms with Gasteiger partial charge in [-0.3, -0.25) is 9.59 Å². The highest BCUT2D eigenvalue weighted by Crippen LogP contribution is 2.16. The quantitative estimate of drug-likeness (QED) is 0.770. The molecule has 0 aromatic heterocycles. The molecule has 1 atom stereocenters. The standard InChI is InChI=1S/C23H35N3O4/c1-15(2)19(25-20(27)17-9-7-16(3)8-10-17)21(28)24-18-11-13-26(14-12-18)22(29)30-23(4,5)6/h7-10,15,18-19H,11-14H2,1-6H3,(H,24,28)(H,25,27). The van der Waals surface area contributed by atoms with Gasteiger partial charge in [0.2, 0.25) is 5.91 Å². The Bertz CT molecular complexity index is 745. The largest absolute Gasteiger partial charge is 0.444 e. The first kappa shape index (κ1) is 23.7. The van der Waals surface area contributed by atoms with Gasteiger partial charge in [0.15, 0.2) is 0 Å². The summed E-state index contributed by atoms with van der Waals surface area (Å²) >= 11 is 0. The molecule has 30 heavy (non-hydrogen) atoms. The number of likely N-dealkylation sites (tertiary alicyclic amines) is 1. The highest BCUT2D eigenvalue weighted by atomic mass is 16.6. The number of piperidine rings is 1. The van der Waals surface area contributed by atoms with Crippen molar-refractivity contribution in [2.45, 2.75) is 72.1 Å². The van der Waals surface area contributed by atoms with Crippen molar-refractivity contribution in [3.05, 3.63) is 35.4 Å². The number of ether oxygens (including phenoxy) is 1. The Kier molecular flexibility index (Phi) is 7.87. The summed E-state index contributed by atoms with van der Waals surface area (Å²) in [6.45, 7) is 12.4. The molecule has 7 nitrogen and oxygen atoms in total. The van der Waals surface area contributed by atoms with Gasteiger partial charge in [0.05, 0.1) is 0 Å². The molecule has 1 aliphatic heterocycles. The monoisotopic (exact) mass is 417 g/mol. The van der Waals surface area contributed by atoms with Crippen LogP contribution >= 0.6 is 0 Å². The third-order valence-electron chi connectivity index (χ3n) is 5.04. The van der Waals surface area contributed by atoms with E-state index in [9.17, 15) is 14.4 Å². The fourth-order valence-electron chi connectivity index (χ4n) is 3.29. The number of carbonyl (C=O) groups excluding carboxylic acids is 3. The van der Waals surface area contributed by atoms with Crippen LogP contribution in [0.15, 0.2) is 24.3 Å². The molecule has 0 saturated carbocycles. The molecular formula is C23H35N3O4. The van der Waals surface area contributed by atoms with E-state index in [1.807, 2.05) is 53.7 Å². The molecule has 166 valence electrons. The number of carbonyl (C=O) groups is 3. The molecule has 0 radical (unpaired) electrons. The van der Waals surface area contributed by atoms with Crippen molar-refractivity contribution in [1.82, 2.24) is 15.5 Å². The fraction of sp³-hybridized carbons (Fsp3) is 0.609. The topological polar surface area (TPSA) is 87.7 Å². The van der Waals surface area contributed by atoms with E-state index in [0.717, 1.165) is 5.56 Å². The predicted octanol–water partition coefficient (Wildman–Crippen LogP) is 3.27. The van der Waals surface area contributed by atoms with Crippen molar-refractivity contribution in [2.75, 3.05) is 13.1 Å². The summed E-state index contributed by atoms with van der Waals surface area (Å²) in [6.07, 6.45) is 0.987. The van der Waals surface area contributed by atoms with Crippen LogP contribution in [0.5, 0.6) is 0 Å². The maximum Gasteiger partial charge on any atom is 0.410 e. The summed E-state index contributed by atoms with van der Waals surface area (Å²) < 4.78 is 5.41. The lowest BCUT2D eigenvalue weighted by atomic mass is 10.00. The normalized spacial score (nSPS) is 16.2. The molecule has 2 N–H and O–H groups in total. The average molecular weight is 418 g/mol. The Hall–Kier alpha value is -2.57. The summed E-state index contributed by atoms with van der Waals surface area (Å²) in [5.74, 6) is -0.508. The molecule has 0 bridgehead atoms. The zero-order valence-corrected chi connectivity index (χ0v) is 19.0. The second-order valence-corrected chi connectivity index (χ2v) is 9.31. The van der Waals surface area contributed by atoms with E-state index in [1.54, 1.807) is 17.0 Å². The van der Waals surface area contributed by atoms with Crippen molar-refractivity contribution in [3.63, 3.8) is 0 Å². The molecular weight excluding hydrogens is 382 g/mol. The van der Waals surface area contributed by atoms with Crippen LogP contribution in [0, 0.1) is 12.8 Å². The van der Waals surface area contributed by atoms with Crippen LogP contribution in [0.3, 0.4) is 0 Å². The van der Waals surface area contributed by atoms with Crippen LogP contribution in [0.2, 0.25) is 0 Å². The lowest BCUT2D eigenvalue weighted by Gasteiger charge is -2.34. The van der Waals surface area contributed by atoms with E-state index < -0.39 is 11.6 Å². The predicted molar refractivity (Wildman–Crippen MR) is 116 cm³/mol. The first-order valence-electron chi connectivity index (χ1n) is 10.6. The second kappa shape index (κ2) is 9.96. The molecule has 1 unspecified atom stereocenters. The minimum atomic E-state index is -0.623. The van der Waals surface area contributed by atoms with Crippen LogP contribution < -0.4 is 10.6 Å². The van der Waals surface area contributed by atoms with E-state index in [0.29, 0.717) is 31.5 Å². The number of nitrogens with zero attached hydrogens (tertiary/aromatic N) is 1. The van der Waals surface area contributed by atoms with Crippen LogP contribution in [-0.4, -0.2) is 53.6 Å². The Labute approximate surface area is 179 Å². The Balaban J connectivity index is 1.89. The molecule has 1 saturated heterocycles. The highest BCUT2D eigenvalue weighted by Gasteiger charge is 2.30. The van der Waals surface area contributed by atoms with E-state index in [1.165, 1.54) is 0 Å². The summed E-state index contributed by atoms with van der Waals surface area (Å²) in [6, 6.07) is 6.60. The molecule has 1 heterocycles. The van der Waals surface area contributed by atoms with Crippen LogP contribution in [0.25, 0.3) is 0 Å². The van der Waals surface area contributed by atoms with Crippen LogP contribution in [0.1, 0.15) is 63.4 Å². The summed E-state index contributed by atoms with van der Waals surface area (Å²) in [5.41, 5.74) is 1.08. The first-order chi connectivity index (χ1) is 14.0. The SMILES string of the molecule is Cc1ccc(C(=O)NC(C(=O)NC2CCN(C(=O)OC(C)(C)C)CC2)C(C)C)cc1. The van der Waals surface area contributed by atoms with Crippen molar-refractivity contribution in [2.24, 2.45) is 5.92 Å². The molecule has 3 amide bonds. The minimum absolute atomic E-state index is 0.0336. The lowest BCUT2D eigenvalue weighted by molar-refractivity contribution is -0.124. The van der Waals surface area contributed by atoms with Crippen LogP contribution in [0.4, 0.5) is 4.79 Å².